The lowest BCUT2D eigenvalue weighted by Crippen LogP contribution is -2.33. The zero-order chi connectivity index (χ0) is 30.4. The number of ether oxygens (including phenoxy) is 1. The Labute approximate surface area is 260 Å². The number of nitro groups is 1. The molecule has 2 aliphatic rings. The Bertz CT molecular complexity index is 1820. The Morgan fingerprint density at radius 3 is 2.30 bits per heavy atom. The number of nitro benzene ring substituents is 1. The second-order valence-corrected chi connectivity index (χ2v) is 12.8. The lowest BCUT2D eigenvalue weighted by molar-refractivity contribution is -0.384. The van der Waals surface area contributed by atoms with Crippen LogP contribution in [0.2, 0.25) is 0 Å². The number of benzene rings is 3. The highest BCUT2D eigenvalue weighted by Crippen LogP contribution is 2.54. The molecule has 0 saturated carbocycles. The molecule has 0 unspecified atom stereocenters. The molecule has 1 aromatic heterocycles. The van der Waals surface area contributed by atoms with E-state index in [0.717, 1.165) is 38.0 Å². The van der Waals surface area contributed by atoms with Crippen LogP contribution in [0.1, 0.15) is 16.4 Å². The first-order chi connectivity index (χ1) is 20.7. The van der Waals surface area contributed by atoms with Crippen LogP contribution in [0.3, 0.4) is 0 Å². The van der Waals surface area contributed by atoms with E-state index in [1.165, 1.54) is 35.9 Å². The molecule has 1 N–H and O–H groups in total. The summed E-state index contributed by atoms with van der Waals surface area (Å²) >= 11 is 5.48. The Morgan fingerprint density at radius 1 is 1.00 bits per heavy atom. The largest absolute Gasteiger partial charge is 0.497 e. The summed E-state index contributed by atoms with van der Waals surface area (Å²) < 4.78 is 7.31. The summed E-state index contributed by atoms with van der Waals surface area (Å²) in [5.74, 6) is -2.21. The van der Waals surface area contributed by atoms with Crippen LogP contribution in [-0.2, 0) is 20.9 Å². The number of nitrogens with zero attached hydrogens (tertiary/aromatic N) is 3. The average Bonchev–Trinajstić information content (AvgIpc) is 3.44. The highest BCUT2D eigenvalue weighted by atomic mass is 79.9. The number of aromatic nitrogens is 1. The standard InChI is InChI=1S/C29H21BrN4O7S2/c1-41-20-12-6-17(7-13-20)31-21(35)14-32-28-25(43-29(32)38)22(15-2-4-16(30)5-3-15)23-24(42-28)27(37)33(26(23)36)18-8-10-19(11-9-18)34(39)40/h2-13,22-24H,14H2,1H3,(H,31,35)/t22-,23-,24+/m0/s1. The second-order valence-electron chi connectivity index (χ2n) is 9.78. The van der Waals surface area contributed by atoms with Crippen LogP contribution in [0.25, 0.3) is 0 Å². The number of anilines is 2. The van der Waals surface area contributed by atoms with E-state index in [2.05, 4.69) is 21.2 Å². The van der Waals surface area contributed by atoms with Crippen molar-refractivity contribution in [1.29, 1.82) is 0 Å². The van der Waals surface area contributed by atoms with E-state index in [-0.39, 0.29) is 22.8 Å². The first kappa shape index (κ1) is 28.8. The van der Waals surface area contributed by atoms with Gasteiger partial charge in [0.2, 0.25) is 17.7 Å². The molecule has 43 heavy (non-hydrogen) atoms. The zero-order valence-electron chi connectivity index (χ0n) is 22.3. The molecule has 0 bridgehead atoms. The van der Waals surface area contributed by atoms with E-state index in [1.54, 1.807) is 24.3 Å². The summed E-state index contributed by atoms with van der Waals surface area (Å²) in [5.41, 5.74) is 1.33. The highest BCUT2D eigenvalue weighted by molar-refractivity contribution is 9.10. The Morgan fingerprint density at radius 2 is 1.67 bits per heavy atom. The minimum Gasteiger partial charge on any atom is -0.497 e. The van der Waals surface area contributed by atoms with E-state index in [9.17, 15) is 29.3 Å². The number of methoxy groups -OCH3 is 1. The maximum Gasteiger partial charge on any atom is 0.308 e. The topological polar surface area (TPSA) is 141 Å². The number of carbonyl (C=O) groups is 3. The van der Waals surface area contributed by atoms with Crippen LogP contribution in [0.4, 0.5) is 17.1 Å². The molecule has 1 saturated heterocycles. The van der Waals surface area contributed by atoms with Gasteiger partial charge in [0.05, 0.1) is 28.7 Å². The van der Waals surface area contributed by atoms with Crippen LogP contribution >= 0.6 is 39.0 Å². The van der Waals surface area contributed by atoms with E-state index in [0.29, 0.717) is 21.3 Å². The van der Waals surface area contributed by atoms with E-state index >= 15 is 0 Å². The van der Waals surface area contributed by atoms with Crippen molar-refractivity contribution in [2.24, 2.45) is 5.92 Å². The molecule has 3 aromatic carbocycles. The molecule has 11 nitrogen and oxygen atoms in total. The minimum atomic E-state index is -0.881. The SMILES string of the molecule is COc1ccc(NC(=O)Cn2c3c(sc2=O)[C@@H](c2ccc(Br)cc2)[C@@H]2C(=O)N(c4ccc([N+](=O)[O-])cc4)C(=O)[C@@H]2S3)cc1. The van der Waals surface area contributed by atoms with Gasteiger partial charge in [-0.3, -0.25) is 33.9 Å². The number of thiazole rings is 1. The van der Waals surface area contributed by atoms with Gasteiger partial charge in [0.25, 0.3) is 5.69 Å². The van der Waals surface area contributed by atoms with Gasteiger partial charge < -0.3 is 10.1 Å². The van der Waals surface area contributed by atoms with Gasteiger partial charge in [0, 0.05) is 33.1 Å². The molecular weight excluding hydrogens is 660 g/mol. The van der Waals surface area contributed by atoms with Crippen molar-refractivity contribution < 1.29 is 24.0 Å². The molecule has 3 heterocycles. The van der Waals surface area contributed by atoms with Crippen molar-refractivity contribution in [2.75, 3.05) is 17.3 Å². The summed E-state index contributed by atoms with van der Waals surface area (Å²) in [6.45, 7) is -0.289. The van der Waals surface area contributed by atoms with Gasteiger partial charge in [-0.05, 0) is 54.1 Å². The maximum atomic E-state index is 13.9. The fourth-order valence-electron chi connectivity index (χ4n) is 5.28. The molecule has 3 amide bonds. The third-order valence-corrected chi connectivity index (χ3v) is 10.4. The quantitative estimate of drug-likeness (QED) is 0.163. The third kappa shape index (κ3) is 5.26. The first-order valence-corrected chi connectivity index (χ1v) is 15.4. The summed E-state index contributed by atoms with van der Waals surface area (Å²) in [6, 6.07) is 19.3. The lowest BCUT2D eigenvalue weighted by atomic mass is 9.83. The number of amides is 3. The van der Waals surface area contributed by atoms with Crippen LogP contribution in [0.15, 0.2) is 87.1 Å². The fraction of sp³-hybridized carbons (Fsp3) is 0.172. The number of thioether (sulfide) groups is 1. The molecule has 3 atom stereocenters. The number of nitrogens with one attached hydrogen (secondary N) is 1. The third-order valence-electron chi connectivity index (χ3n) is 7.27. The van der Waals surface area contributed by atoms with Crippen LogP contribution in [-0.4, -0.2) is 39.6 Å². The highest BCUT2D eigenvalue weighted by Gasteiger charge is 2.56. The number of hydrogen-bond acceptors (Lipinski definition) is 9. The predicted molar refractivity (Wildman–Crippen MR) is 165 cm³/mol. The van der Waals surface area contributed by atoms with Crippen molar-refractivity contribution >= 4 is 73.8 Å². The molecule has 2 aliphatic heterocycles. The Balaban J connectivity index is 1.37. The second kappa shape index (κ2) is 11.4. The first-order valence-electron chi connectivity index (χ1n) is 12.9. The smallest absolute Gasteiger partial charge is 0.308 e. The molecular formula is C29H21BrN4O7S2. The number of carbonyl (C=O) groups excluding carboxylic acids is 3. The molecule has 0 aliphatic carbocycles. The predicted octanol–water partition coefficient (Wildman–Crippen LogP) is 5.02. The Hall–Kier alpha value is -4.27. The van der Waals surface area contributed by atoms with Gasteiger partial charge in [-0.25, -0.2) is 4.90 Å². The zero-order valence-corrected chi connectivity index (χ0v) is 25.5. The van der Waals surface area contributed by atoms with Crippen molar-refractivity contribution in [1.82, 2.24) is 4.57 Å². The number of non-ortho nitro benzene ring substituents is 1. The van der Waals surface area contributed by atoms with Gasteiger partial charge in [0.1, 0.15) is 17.5 Å². The number of fused-ring (bicyclic) bond motifs is 2. The van der Waals surface area contributed by atoms with Crippen molar-refractivity contribution in [3.8, 4) is 5.75 Å². The molecule has 0 radical (unpaired) electrons. The summed E-state index contributed by atoms with van der Waals surface area (Å²) in [5, 5.41) is 13.5. The molecule has 4 aromatic rings. The van der Waals surface area contributed by atoms with E-state index < -0.39 is 39.7 Å². The van der Waals surface area contributed by atoms with Gasteiger partial charge in [-0.15, -0.1) is 0 Å². The molecule has 218 valence electrons. The summed E-state index contributed by atoms with van der Waals surface area (Å²) in [6.07, 6.45) is 0. The number of imide groups is 1. The Kier molecular flexibility index (Phi) is 7.66. The van der Waals surface area contributed by atoms with Gasteiger partial charge >= 0.3 is 4.87 Å². The van der Waals surface area contributed by atoms with E-state index in [4.69, 9.17) is 4.74 Å². The van der Waals surface area contributed by atoms with Crippen molar-refractivity contribution in [3.63, 3.8) is 0 Å². The lowest BCUT2D eigenvalue weighted by Gasteiger charge is -2.30. The van der Waals surface area contributed by atoms with Crippen LogP contribution in [0, 0.1) is 16.0 Å². The van der Waals surface area contributed by atoms with Crippen molar-refractivity contribution in [3.05, 3.63) is 107 Å². The number of halogens is 1. The molecule has 0 spiro atoms. The van der Waals surface area contributed by atoms with Gasteiger partial charge in [-0.2, -0.15) is 0 Å². The number of hydrogen-bond donors (Lipinski definition) is 1. The fourth-order valence-corrected chi connectivity index (χ4v) is 8.32. The van der Waals surface area contributed by atoms with Crippen molar-refractivity contribution in [2.45, 2.75) is 22.7 Å². The van der Waals surface area contributed by atoms with Gasteiger partial charge in [-0.1, -0.05) is 51.2 Å². The maximum absolute atomic E-state index is 13.9. The van der Waals surface area contributed by atoms with Crippen LogP contribution in [0.5, 0.6) is 5.75 Å². The molecule has 1 fully saturated rings. The average molecular weight is 682 g/mol. The number of rotatable bonds is 7. The summed E-state index contributed by atoms with van der Waals surface area (Å²) in [4.78, 5) is 65.9. The normalized spacial score (nSPS) is 19.1. The van der Waals surface area contributed by atoms with E-state index in [1.807, 2.05) is 24.3 Å². The molecule has 14 heteroatoms. The van der Waals surface area contributed by atoms with Gasteiger partial charge in [0.15, 0.2) is 0 Å². The van der Waals surface area contributed by atoms with Crippen LogP contribution < -0.4 is 19.8 Å². The summed E-state index contributed by atoms with van der Waals surface area (Å²) in [7, 11) is 1.54. The molecule has 6 rings (SSSR count). The monoisotopic (exact) mass is 680 g/mol. The minimum absolute atomic E-state index is 0.165.